The van der Waals surface area contributed by atoms with E-state index in [4.69, 9.17) is 4.74 Å². The van der Waals surface area contributed by atoms with Crippen LogP contribution in [0.15, 0.2) is 12.7 Å². The molecule has 1 heterocycles. The summed E-state index contributed by atoms with van der Waals surface area (Å²) in [4.78, 5) is 2.45. The molecule has 3 nitrogen and oxygen atoms in total. The first-order valence-electron chi connectivity index (χ1n) is 8.05. The second kappa shape index (κ2) is 8.16. The highest BCUT2D eigenvalue weighted by atomic mass is 16.5. The monoisotopic (exact) mass is 282 g/mol. The average molecular weight is 282 g/mol. The van der Waals surface area contributed by atoms with Crippen molar-refractivity contribution in [3.63, 3.8) is 0 Å². The molecule has 0 aromatic carbocycles. The molecule has 1 aliphatic rings. The van der Waals surface area contributed by atoms with E-state index in [1.54, 1.807) is 0 Å². The summed E-state index contributed by atoms with van der Waals surface area (Å²) in [6.07, 6.45) is 5.12. The van der Waals surface area contributed by atoms with Crippen molar-refractivity contribution < 1.29 is 4.74 Å². The Morgan fingerprint density at radius 3 is 2.50 bits per heavy atom. The van der Waals surface area contributed by atoms with Crippen LogP contribution in [0.5, 0.6) is 0 Å². The number of ether oxygens (including phenoxy) is 1. The summed E-state index contributed by atoms with van der Waals surface area (Å²) in [5.74, 6) is 0.705. The maximum atomic E-state index is 6.18. The molecule has 1 fully saturated rings. The lowest BCUT2D eigenvalue weighted by atomic mass is 10.0. The minimum atomic E-state index is 0.172. The van der Waals surface area contributed by atoms with Gasteiger partial charge < -0.3 is 10.1 Å². The number of nitrogens with one attached hydrogen (secondary N) is 1. The molecule has 0 saturated carbocycles. The summed E-state index contributed by atoms with van der Waals surface area (Å²) < 4.78 is 6.18. The van der Waals surface area contributed by atoms with Crippen LogP contribution < -0.4 is 5.32 Å². The lowest BCUT2D eigenvalue weighted by Crippen LogP contribution is -2.45. The lowest BCUT2D eigenvalue weighted by molar-refractivity contribution is 0.00675. The van der Waals surface area contributed by atoms with Crippen molar-refractivity contribution in [1.29, 1.82) is 0 Å². The highest BCUT2D eigenvalue weighted by Crippen LogP contribution is 2.23. The third-order valence-corrected chi connectivity index (χ3v) is 3.84. The maximum Gasteiger partial charge on any atom is 0.0707 e. The highest BCUT2D eigenvalue weighted by molar-refractivity contribution is 4.87. The van der Waals surface area contributed by atoms with Crippen LogP contribution in [0.4, 0.5) is 0 Å². The van der Waals surface area contributed by atoms with E-state index in [-0.39, 0.29) is 5.54 Å². The van der Waals surface area contributed by atoms with Gasteiger partial charge in [-0.3, -0.25) is 4.90 Å². The molecule has 0 spiro atoms. The van der Waals surface area contributed by atoms with Crippen LogP contribution in [0.25, 0.3) is 0 Å². The van der Waals surface area contributed by atoms with Crippen molar-refractivity contribution in [2.75, 3.05) is 26.2 Å². The molecular weight excluding hydrogens is 248 g/mol. The highest BCUT2D eigenvalue weighted by Gasteiger charge is 2.29. The van der Waals surface area contributed by atoms with Crippen LogP contribution in [0, 0.1) is 5.92 Å². The first-order chi connectivity index (χ1) is 9.32. The number of hydrogen-bond acceptors (Lipinski definition) is 3. The molecule has 0 aliphatic carbocycles. The number of rotatable bonds is 8. The zero-order valence-corrected chi connectivity index (χ0v) is 14.1. The third kappa shape index (κ3) is 6.38. The first kappa shape index (κ1) is 17.7. The van der Waals surface area contributed by atoms with Gasteiger partial charge in [0.1, 0.15) is 0 Å². The Morgan fingerprint density at radius 2 is 1.95 bits per heavy atom. The molecule has 2 atom stereocenters. The molecule has 118 valence electrons. The van der Waals surface area contributed by atoms with Crippen molar-refractivity contribution >= 4 is 0 Å². The van der Waals surface area contributed by atoms with Crippen LogP contribution in [0.3, 0.4) is 0 Å². The molecule has 20 heavy (non-hydrogen) atoms. The predicted molar refractivity (Wildman–Crippen MR) is 87.1 cm³/mol. The largest absolute Gasteiger partial charge is 0.372 e. The molecule has 1 aliphatic heterocycles. The van der Waals surface area contributed by atoms with Crippen LogP contribution in [0.2, 0.25) is 0 Å². The van der Waals surface area contributed by atoms with Crippen LogP contribution >= 0.6 is 0 Å². The van der Waals surface area contributed by atoms with Gasteiger partial charge in [0, 0.05) is 25.2 Å². The Bertz CT molecular complexity index is 283. The Hall–Kier alpha value is -0.380. The fourth-order valence-corrected chi connectivity index (χ4v) is 2.62. The maximum absolute atomic E-state index is 6.18. The average Bonchev–Trinajstić information content (AvgIpc) is 2.74. The Labute approximate surface area is 125 Å². The predicted octanol–water partition coefficient (Wildman–Crippen LogP) is 3.07. The summed E-state index contributed by atoms with van der Waals surface area (Å²) in [5.41, 5.74) is 0.172. The lowest BCUT2D eigenvalue weighted by Gasteiger charge is -2.36. The molecule has 1 N–H and O–H groups in total. The summed E-state index contributed by atoms with van der Waals surface area (Å²) in [7, 11) is 0. The molecule has 1 rings (SSSR count). The molecule has 0 aromatic heterocycles. The smallest absolute Gasteiger partial charge is 0.0707 e. The van der Waals surface area contributed by atoms with Crippen molar-refractivity contribution in [2.24, 2.45) is 5.92 Å². The van der Waals surface area contributed by atoms with Crippen molar-refractivity contribution in [2.45, 2.75) is 65.2 Å². The van der Waals surface area contributed by atoms with E-state index in [1.165, 1.54) is 12.8 Å². The Kier molecular flexibility index (Phi) is 7.21. The summed E-state index contributed by atoms with van der Waals surface area (Å²) in [5, 5.41) is 3.50. The Morgan fingerprint density at radius 1 is 1.30 bits per heavy atom. The van der Waals surface area contributed by atoms with Gasteiger partial charge in [-0.25, -0.2) is 0 Å². The van der Waals surface area contributed by atoms with Gasteiger partial charge >= 0.3 is 0 Å². The van der Waals surface area contributed by atoms with Gasteiger partial charge in [0.15, 0.2) is 0 Å². The van der Waals surface area contributed by atoms with Crippen molar-refractivity contribution in [1.82, 2.24) is 10.2 Å². The second-order valence-electron chi connectivity index (χ2n) is 7.37. The van der Waals surface area contributed by atoms with Gasteiger partial charge in [0.2, 0.25) is 0 Å². The van der Waals surface area contributed by atoms with Crippen LogP contribution in [0.1, 0.15) is 47.5 Å². The molecule has 1 saturated heterocycles. The molecule has 3 heteroatoms. The fourth-order valence-electron chi connectivity index (χ4n) is 2.62. The SMILES string of the molecule is C=CCN(CC1CCC(CNCC(C)C)O1)C(C)(C)C. The topological polar surface area (TPSA) is 24.5 Å². The van der Waals surface area contributed by atoms with Gasteiger partial charge in [-0.2, -0.15) is 0 Å². The van der Waals surface area contributed by atoms with E-state index in [0.29, 0.717) is 18.1 Å². The van der Waals surface area contributed by atoms with Gasteiger partial charge in [0.05, 0.1) is 12.2 Å². The summed E-state index contributed by atoms with van der Waals surface area (Å²) in [6.45, 7) is 19.1. The summed E-state index contributed by atoms with van der Waals surface area (Å²) in [6, 6.07) is 0. The van der Waals surface area contributed by atoms with E-state index in [1.807, 2.05) is 6.08 Å². The second-order valence-corrected chi connectivity index (χ2v) is 7.37. The zero-order chi connectivity index (χ0) is 15.2. The molecular formula is C17H34N2O. The molecule has 0 aromatic rings. The standard InChI is InChI=1S/C17H34N2O/c1-7-10-19(17(4,5)6)13-16-9-8-15(20-16)12-18-11-14(2)3/h7,14-16,18H,1,8-13H2,2-6H3. The van der Waals surface area contributed by atoms with Crippen LogP contribution in [-0.4, -0.2) is 48.8 Å². The van der Waals surface area contributed by atoms with Crippen molar-refractivity contribution in [3.05, 3.63) is 12.7 Å². The van der Waals surface area contributed by atoms with E-state index >= 15 is 0 Å². The van der Waals surface area contributed by atoms with E-state index < -0.39 is 0 Å². The number of nitrogens with zero attached hydrogens (tertiary/aromatic N) is 1. The molecule has 0 bridgehead atoms. The van der Waals surface area contributed by atoms with Gasteiger partial charge in [-0.1, -0.05) is 19.9 Å². The third-order valence-electron chi connectivity index (χ3n) is 3.84. The molecule has 0 radical (unpaired) electrons. The van der Waals surface area contributed by atoms with E-state index in [2.05, 4.69) is 51.4 Å². The quantitative estimate of drug-likeness (QED) is 0.693. The van der Waals surface area contributed by atoms with Gasteiger partial charge in [-0.05, 0) is 46.1 Å². The number of hydrogen-bond donors (Lipinski definition) is 1. The minimum Gasteiger partial charge on any atom is -0.372 e. The van der Waals surface area contributed by atoms with Gasteiger partial charge in [0.25, 0.3) is 0 Å². The van der Waals surface area contributed by atoms with Crippen LogP contribution in [-0.2, 0) is 4.74 Å². The van der Waals surface area contributed by atoms with E-state index in [9.17, 15) is 0 Å². The first-order valence-corrected chi connectivity index (χ1v) is 8.05. The zero-order valence-electron chi connectivity index (χ0n) is 14.1. The van der Waals surface area contributed by atoms with E-state index in [0.717, 1.165) is 26.2 Å². The Balaban J connectivity index is 2.33. The minimum absolute atomic E-state index is 0.172. The molecule has 0 amide bonds. The fraction of sp³-hybridized carbons (Fsp3) is 0.882. The van der Waals surface area contributed by atoms with Crippen molar-refractivity contribution in [3.8, 4) is 0 Å². The summed E-state index contributed by atoms with van der Waals surface area (Å²) >= 11 is 0. The molecule has 2 unspecified atom stereocenters. The van der Waals surface area contributed by atoms with Gasteiger partial charge in [-0.15, -0.1) is 6.58 Å². The normalized spacial score (nSPS) is 23.8.